The fourth-order valence-corrected chi connectivity index (χ4v) is 1.00. The summed E-state index contributed by atoms with van der Waals surface area (Å²) in [6.07, 6.45) is 0.183. The van der Waals surface area contributed by atoms with E-state index in [0.717, 1.165) is 5.56 Å². The summed E-state index contributed by atoms with van der Waals surface area (Å²) >= 11 is 0. The minimum Gasteiger partial charge on any atom is -0.469 e. The maximum absolute atomic E-state index is 10.9. The van der Waals surface area contributed by atoms with Gasteiger partial charge in [-0.1, -0.05) is 6.07 Å². The van der Waals surface area contributed by atoms with Gasteiger partial charge in [0.2, 0.25) is 0 Å². The Labute approximate surface area is 76.5 Å². The van der Waals surface area contributed by atoms with Crippen LogP contribution in [0.3, 0.4) is 0 Å². The minimum absolute atomic E-state index is 0.183. The number of rotatable bonds is 2. The number of benzene rings is 1. The van der Waals surface area contributed by atoms with Crippen LogP contribution >= 0.6 is 0 Å². The second-order valence-corrected chi connectivity index (χ2v) is 2.71. The van der Waals surface area contributed by atoms with Gasteiger partial charge in [0.05, 0.1) is 13.5 Å². The molecule has 0 radical (unpaired) electrons. The van der Waals surface area contributed by atoms with Crippen molar-refractivity contribution in [2.45, 2.75) is 6.42 Å². The Morgan fingerprint density at radius 3 is 2.69 bits per heavy atom. The number of hydrogen-bond donors (Lipinski definition) is 2. The number of carbonyl (C=O) groups is 1. The average molecular weight is 180 g/mol. The van der Waals surface area contributed by atoms with E-state index < -0.39 is 0 Å². The lowest BCUT2D eigenvalue weighted by Gasteiger charge is -2.04. The number of ether oxygens (including phenoxy) is 1. The highest BCUT2D eigenvalue weighted by molar-refractivity contribution is 5.75. The smallest absolute Gasteiger partial charge is 0.310 e. The quantitative estimate of drug-likeness (QED) is 0.515. The Kier molecular flexibility index (Phi) is 2.74. The Balaban J connectivity index is 2.83. The number of carbonyl (C=O) groups excluding carboxylic acids is 1. The molecular weight excluding hydrogens is 168 g/mol. The molecule has 0 bridgehead atoms. The molecule has 0 fully saturated rings. The van der Waals surface area contributed by atoms with Gasteiger partial charge >= 0.3 is 5.97 Å². The first-order valence-corrected chi connectivity index (χ1v) is 3.84. The molecule has 0 saturated carbocycles. The van der Waals surface area contributed by atoms with Crippen molar-refractivity contribution >= 4 is 17.3 Å². The van der Waals surface area contributed by atoms with Gasteiger partial charge in [-0.15, -0.1) is 0 Å². The lowest BCUT2D eigenvalue weighted by molar-refractivity contribution is -0.139. The van der Waals surface area contributed by atoms with Gasteiger partial charge in [-0.2, -0.15) is 0 Å². The predicted molar refractivity (Wildman–Crippen MR) is 51.0 cm³/mol. The average Bonchev–Trinajstić information content (AvgIpc) is 2.09. The van der Waals surface area contributed by atoms with Gasteiger partial charge in [0.1, 0.15) is 0 Å². The third kappa shape index (κ3) is 2.37. The summed E-state index contributed by atoms with van der Waals surface area (Å²) in [5.74, 6) is -0.309. The van der Waals surface area contributed by atoms with Gasteiger partial charge in [-0.25, -0.2) is 0 Å². The van der Waals surface area contributed by atoms with Crippen molar-refractivity contribution in [1.29, 1.82) is 0 Å². The van der Waals surface area contributed by atoms with Gasteiger partial charge in [0.15, 0.2) is 0 Å². The lowest BCUT2D eigenvalue weighted by Crippen LogP contribution is -2.07. The molecule has 0 atom stereocenters. The molecule has 4 N–H and O–H groups in total. The van der Waals surface area contributed by atoms with Crippen molar-refractivity contribution < 1.29 is 9.53 Å². The monoisotopic (exact) mass is 180 g/mol. The van der Waals surface area contributed by atoms with E-state index in [-0.39, 0.29) is 12.4 Å². The Bertz CT molecular complexity index is 323. The van der Waals surface area contributed by atoms with Crippen molar-refractivity contribution in [3.63, 3.8) is 0 Å². The van der Waals surface area contributed by atoms with Crippen LogP contribution in [-0.4, -0.2) is 13.1 Å². The molecule has 1 rings (SSSR count). The molecular formula is C9H12N2O2. The summed E-state index contributed by atoms with van der Waals surface area (Å²) in [4.78, 5) is 10.9. The largest absolute Gasteiger partial charge is 0.469 e. The van der Waals surface area contributed by atoms with E-state index in [4.69, 9.17) is 11.5 Å². The standard InChI is InChI=1S/C9H12N2O2/c1-13-9(12)4-6-2-3-7(10)5-8(6)11/h2-3,5H,4,10-11H2,1H3. The maximum Gasteiger partial charge on any atom is 0.310 e. The van der Waals surface area contributed by atoms with E-state index in [1.807, 2.05) is 0 Å². The molecule has 0 unspecified atom stereocenters. The van der Waals surface area contributed by atoms with Crippen LogP contribution in [0.2, 0.25) is 0 Å². The molecule has 1 aromatic rings. The van der Waals surface area contributed by atoms with Crippen LogP contribution in [0.4, 0.5) is 11.4 Å². The highest BCUT2D eigenvalue weighted by Crippen LogP contribution is 2.16. The Morgan fingerprint density at radius 1 is 1.46 bits per heavy atom. The van der Waals surface area contributed by atoms with Crippen molar-refractivity contribution in [2.75, 3.05) is 18.6 Å². The minimum atomic E-state index is -0.309. The topological polar surface area (TPSA) is 78.3 Å². The van der Waals surface area contributed by atoms with Crippen LogP contribution in [0.25, 0.3) is 0 Å². The second kappa shape index (κ2) is 3.80. The highest BCUT2D eigenvalue weighted by atomic mass is 16.5. The molecule has 0 aliphatic heterocycles. The summed E-state index contributed by atoms with van der Waals surface area (Å²) in [6, 6.07) is 5.05. The van der Waals surface area contributed by atoms with E-state index in [2.05, 4.69) is 4.74 Å². The van der Waals surface area contributed by atoms with E-state index in [1.165, 1.54) is 7.11 Å². The molecule has 1 aromatic carbocycles. The highest BCUT2D eigenvalue weighted by Gasteiger charge is 2.05. The van der Waals surface area contributed by atoms with E-state index in [1.54, 1.807) is 18.2 Å². The molecule has 0 aromatic heterocycles. The second-order valence-electron chi connectivity index (χ2n) is 2.71. The van der Waals surface area contributed by atoms with Crippen LogP contribution in [-0.2, 0) is 16.0 Å². The van der Waals surface area contributed by atoms with Crippen molar-refractivity contribution in [3.05, 3.63) is 23.8 Å². The summed E-state index contributed by atoms with van der Waals surface area (Å²) in [5.41, 5.74) is 13.0. The van der Waals surface area contributed by atoms with Gasteiger partial charge in [-0.05, 0) is 17.7 Å². The molecule has 13 heavy (non-hydrogen) atoms. The maximum atomic E-state index is 10.9. The fraction of sp³-hybridized carbons (Fsp3) is 0.222. The summed E-state index contributed by atoms with van der Waals surface area (Å²) < 4.78 is 4.51. The van der Waals surface area contributed by atoms with Gasteiger partial charge in [0, 0.05) is 11.4 Å². The van der Waals surface area contributed by atoms with Gasteiger partial charge in [-0.3, -0.25) is 4.79 Å². The third-order valence-electron chi connectivity index (χ3n) is 1.73. The number of esters is 1. The molecule has 4 nitrogen and oxygen atoms in total. The molecule has 0 saturated heterocycles. The third-order valence-corrected chi connectivity index (χ3v) is 1.73. The van der Waals surface area contributed by atoms with Crippen LogP contribution in [0.1, 0.15) is 5.56 Å². The van der Waals surface area contributed by atoms with Crippen LogP contribution in [0.5, 0.6) is 0 Å². The Hall–Kier alpha value is -1.71. The first kappa shape index (κ1) is 9.38. The summed E-state index contributed by atoms with van der Waals surface area (Å²) in [6.45, 7) is 0. The van der Waals surface area contributed by atoms with Crippen molar-refractivity contribution in [1.82, 2.24) is 0 Å². The first-order valence-electron chi connectivity index (χ1n) is 3.84. The number of nitrogen functional groups attached to an aromatic ring is 2. The van der Waals surface area contributed by atoms with Crippen molar-refractivity contribution in [2.24, 2.45) is 0 Å². The van der Waals surface area contributed by atoms with E-state index in [9.17, 15) is 4.79 Å². The lowest BCUT2D eigenvalue weighted by atomic mass is 10.1. The predicted octanol–water partition coefficient (Wildman–Crippen LogP) is 0.567. The van der Waals surface area contributed by atoms with Crippen LogP contribution < -0.4 is 11.5 Å². The number of methoxy groups -OCH3 is 1. The van der Waals surface area contributed by atoms with Crippen LogP contribution in [0, 0.1) is 0 Å². The molecule has 0 aliphatic carbocycles. The molecule has 70 valence electrons. The molecule has 0 heterocycles. The molecule has 0 aliphatic rings. The Morgan fingerprint density at radius 2 is 2.15 bits per heavy atom. The first-order chi connectivity index (χ1) is 6.13. The van der Waals surface area contributed by atoms with Gasteiger partial charge in [0.25, 0.3) is 0 Å². The number of anilines is 2. The van der Waals surface area contributed by atoms with E-state index >= 15 is 0 Å². The SMILES string of the molecule is COC(=O)Cc1ccc(N)cc1N. The zero-order valence-corrected chi connectivity index (χ0v) is 7.41. The number of nitrogens with two attached hydrogens (primary N) is 2. The summed E-state index contributed by atoms with van der Waals surface area (Å²) in [5, 5.41) is 0. The van der Waals surface area contributed by atoms with Crippen LogP contribution in [0.15, 0.2) is 18.2 Å². The zero-order chi connectivity index (χ0) is 9.84. The fourth-order valence-electron chi connectivity index (χ4n) is 1.00. The molecule has 4 heteroatoms. The molecule has 0 amide bonds. The molecule has 0 spiro atoms. The number of hydrogen-bond acceptors (Lipinski definition) is 4. The van der Waals surface area contributed by atoms with E-state index in [0.29, 0.717) is 11.4 Å². The zero-order valence-electron chi connectivity index (χ0n) is 7.41. The van der Waals surface area contributed by atoms with Gasteiger partial charge < -0.3 is 16.2 Å². The normalized spacial score (nSPS) is 9.62. The summed E-state index contributed by atoms with van der Waals surface area (Å²) in [7, 11) is 1.34. The van der Waals surface area contributed by atoms with Crippen molar-refractivity contribution in [3.8, 4) is 0 Å².